The molecule has 2 aromatic heterocycles. The molecule has 3 N–H and O–H groups in total. The third-order valence-corrected chi connectivity index (χ3v) is 5.99. The highest BCUT2D eigenvalue weighted by Gasteiger charge is 2.20. The fourth-order valence-electron chi connectivity index (χ4n) is 3.68. The van der Waals surface area contributed by atoms with Gasteiger partial charge in [-0.1, -0.05) is 29.3 Å². The van der Waals surface area contributed by atoms with Gasteiger partial charge in [0.15, 0.2) is 11.5 Å². The summed E-state index contributed by atoms with van der Waals surface area (Å²) < 4.78 is 13.0. The summed E-state index contributed by atoms with van der Waals surface area (Å²) in [6.45, 7) is 0.771. The fourth-order valence-corrected chi connectivity index (χ4v) is 4.28. The van der Waals surface area contributed by atoms with Gasteiger partial charge >= 0.3 is 0 Å². The van der Waals surface area contributed by atoms with Crippen LogP contribution in [-0.4, -0.2) is 33.8 Å². The van der Waals surface area contributed by atoms with E-state index in [0.29, 0.717) is 68.5 Å². The second-order valence-electron chi connectivity index (χ2n) is 7.56. The predicted molar refractivity (Wildman–Crippen MR) is 129 cm³/mol. The van der Waals surface area contributed by atoms with E-state index in [9.17, 15) is 4.79 Å². The molecule has 8 nitrogen and oxygen atoms in total. The van der Waals surface area contributed by atoms with E-state index in [1.165, 1.54) is 4.57 Å². The molecular formula is C23H19Cl2N5O3. The van der Waals surface area contributed by atoms with Crippen LogP contribution in [0.1, 0.15) is 0 Å². The molecule has 0 bridgehead atoms. The van der Waals surface area contributed by atoms with E-state index in [4.69, 9.17) is 38.4 Å². The van der Waals surface area contributed by atoms with Crippen molar-refractivity contribution in [3.8, 4) is 22.6 Å². The molecule has 168 valence electrons. The van der Waals surface area contributed by atoms with Gasteiger partial charge in [0.05, 0.1) is 15.6 Å². The van der Waals surface area contributed by atoms with E-state index < -0.39 is 0 Å². The highest BCUT2D eigenvalue weighted by atomic mass is 35.5. The Kier molecular flexibility index (Phi) is 5.57. The van der Waals surface area contributed by atoms with Gasteiger partial charge in [0.2, 0.25) is 5.95 Å². The third kappa shape index (κ3) is 3.97. The Hall–Kier alpha value is -3.33. The minimum atomic E-state index is -0.268. The monoisotopic (exact) mass is 483 g/mol. The second kappa shape index (κ2) is 8.55. The number of aromatic nitrogens is 3. The Morgan fingerprint density at radius 1 is 1.18 bits per heavy atom. The van der Waals surface area contributed by atoms with Crippen molar-refractivity contribution in [1.82, 2.24) is 14.5 Å². The SMILES string of the molecule is Cn1c(=O)c(-c2c(Cl)cccc2Cl)cc2cnc(Nc3ccc4c(c3)OC[C@@H](CN)O4)nc21. The zero-order chi connectivity index (χ0) is 23.1. The molecular weight excluding hydrogens is 465 g/mol. The molecule has 5 rings (SSSR count). The van der Waals surface area contributed by atoms with Crippen LogP contribution < -0.4 is 26.1 Å². The van der Waals surface area contributed by atoms with Crippen LogP contribution in [0, 0.1) is 0 Å². The summed E-state index contributed by atoms with van der Waals surface area (Å²) in [6, 6.07) is 12.3. The Morgan fingerprint density at radius 3 is 2.73 bits per heavy atom. The maximum atomic E-state index is 13.1. The van der Waals surface area contributed by atoms with Gasteiger partial charge < -0.3 is 20.5 Å². The molecule has 1 atom stereocenters. The first kappa shape index (κ1) is 21.5. The number of pyridine rings is 1. The number of ether oxygens (including phenoxy) is 2. The third-order valence-electron chi connectivity index (χ3n) is 5.36. The first-order valence-electron chi connectivity index (χ1n) is 10.2. The lowest BCUT2D eigenvalue weighted by molar-refractivity contribution is 0.0970. The van der Waals surface area contributed by atoms with E-state index in [1.807, 2.05) is 6.07 Å². The molecule has 0 saturated carbocycles. The van der Waals surface area contributed by atoms with Gasteiger partial charge in [0.25, 0.3) is 5.56 Å². The molecule has 0 amide bonds. The molecule has 0 aliphatic carbocycles. The molecule has 3 heterocycles. The van der Waals surface area contributed by atoms with Crippen LogP contribution in [0.15, 0.2) is 53.5 Å². The average Bonchev–Trinajstić information content (AvgIpc) is 2.82. The quantitative estimate of drug-likeness (QED) is 0.449. The topological polar surface area (TPSA) is 104 Å². The van der Waals surface area contributed by atoms with Crippen LogP contribution in [0.4, 0.5) is 11.6 Å². The van der Waals surface area contributed by atoms with E-state index >= 15 is 0 Å². The highest BCUT2D eigenvalue weighted by Crippen LogP contribution is 2.35. The molecule has 2 aromatic carbocycles. The zero-order valence-electron chi connectivity index (χ0n) is 17.5. The normalized spacial score (nSPS) is 15.0. The van der Waals surface area contributed by atoms with Gasteiger partial charge in [0, 0.05) is 42.5 Å². The standard InChI is InChI=1S/C23H19Cl2N5O3/c1-30-21-12(7-15(22(30)31)20-16(24)3-2-4-17(20)25)10-27-23(29-21)28-13-5-6-18-19(8-13)32-11-14(9-26)33-18/h2-8,10,14H,9,11,26H2,1H3,(H,27,28,29)/t14-/m1/s1. The Bertz CT molecular complexity index is 1420. The number of hydrogen-bond donors (Lipinski definition) is 2. The molecule has 10 heteroatoms. The molecule has 0 radical (unpaired) electrons. The Labute approximate surface area is 198 Å². The van der Waals surface area contributed by atoms with Gasteiger partial charge in [-0.25, -0.2) is 4.98 Å². The number of fused-ring (bicyclic) bond motifs is 2. The second-order valence-corrected chi connectivity index (χ2v) is 8.38. The number of halogens is 2. The number of nitrogens with two attached hydrogens (primary N) is 1. The lowest BCUT2D eigenvalue weighted by Gasteiger charge is -2.25. The van der Waals surface area contributed by atoms with E-state index in [0.717, 1.165) is 0 Å². The average molecular weight is 484 g/mol. The summed E-state index contributed by atoms with van der Waals surface area (Å²) in [4.78, 5) is 22.0. The summed E-state index contributed by atoms with van der Waals surface area (Å²) in [7, 11) is 1.65. The minimum absolute atomic E-state index is 0.160. The van der Waals surface area contributed by atoms with Crippen LogP contribution in [-0.2, 0) is 7.05 Å². The molecule has 0 saturated heterocycles. The van der Waals surface area contributed by atoms with Gasteiger partial charge in [-0.3, -0.25) is 9.36 Å². The first-order valence-corrected chi connectivity index (χ1v) is 10.9. The molecule has 1 aliphatic heterocycles. The van der Waals surface area contributed by atoms with E-state index in [1.54, 1.807) is 49.6 Å². The van der Waals surface area contributed by atoms with Crippen molar-refractivity contribution in [2.45, 2.75) is 6.10 Å². The number of hydrogen-bond acceptors (Lipinski definition) is 7. The van der Waals surface area contributed by atoms with E-state index in [-0.39, 0.29) is 11.7 Å². The largest absolute Gasteiger partial charge is 0.486 e. The molecule has 4 aromatic rings. The van der Waals surface area contributed by atoms with Crippen LogP contribution in [0.2, 0.25) is 10.0 Å². The van der Waals surface area contributed by atoms with Gasteiger partial charge in [-0.05, 0) is 30.3 Å². The number of rotatable bonds is 4. The number of aryl methyl sites for hydroxylation is 1. The number of nitrogens with one attached hydrogen (secondary N) is 1. The molecule has 33 heavy (non-hydrogen) atoms. The molecule has 0 unspecified atom stereocenters. The van der Waals surface area contributed by atoms with Crippen molar-refractivity contribution in [1.29, 1.82) is 0 Å². The Morgan fingerprint density at radius 2 is 1.97 bits per heavy atom. The smallest absolute Gasteiger partial charge is 0.259 e. The van der Waals surface area contributed by atoms with Gasteiger partial charge in [-0.2, -0.15) is 4.98 Å². The minimum Gasteiger partial charge on any atom is -0.486 e. The highest BCUT2D eigenvalue weighted by molar-refractivity contribution is 6.39. The Balaban J connectivity index is 1.50. The molecule has 1 aliphatic rings. The fraction of sp³-hybridized carbons (Fsp3) is 0.174. The van der Waals surface area contributed by atoms with E-state index in [2.05, 4.69) is 15.3 Å². The summed E-state index contributed by atoms with van der Waals surface area (Å²) in [5.41, 5.74) is 7.43. The number of anilines is 2. The lowest BCUT2D eigenvalue weighted by atomic mass is 10.1. The number of benzene rings is 2. The molecule has 0 fully saturated rings. The van der Waals surface area contributed by atoms with Gasteiger partial charge in [0.1, 0.15) is 18.4 Å². The lowest BCUT2D eigenvalue weighted by Crippen LogP contribution is -2.35. The van der Waals surface area contributed by atoms with Crippen molar-refractivity contribution in [2.24, 2.45) is 12.8 Å². The first-order chi connectivity index (χ1) is 15.9. The van der Waals surface area contributed by atoms with Crippen LogP contribution >= 0.6 is 23.2 Å². The van der Waals surface area contributed by atoms with Crippen molar-refractivity contribution in [3.63, 3.8) is 0 Å². The maximum Gasteiger partial charge on any atom is 0.259 e. The predicted octanol–water partition coefficient (Wildman–Crippen LogP) is 4.14. The van der Waals surface area contributed by atoms with Crippen molar-refractivity contribution in [3.05, 3.63) is 69.1 Å². The summed E-state index contributed by atoms with van der Waals surface area (Å²) in [6.07, 6.45) is 1.48. The zero-order valence-corrected chi connectivity index (χ0v) is 19.0. The summed E-state index contributed by atoms with van der Waals surface area (Å²) in [5, 5.41) is 4.61. The van der Waals surface area contributed by atoms with Crippen LogP contribution in [0.25, 0.3) is 22.2 Å². The number of nitrogens with zero attached hydrogens (tertiary/aromatic N) is 3. The van der Waals surface area contributed by atoms with Crippen molar-refractivity contribution < 1.29 is 9.47 Å². The maximum absolute atomic E-state index is 13.1. The van der Waals surface area contributed by atoms with Crippen molar-refractivity contribution >= 4 is 45.9 Å². The van der Waals surface area contributed by atoms with Crippen molar-refractivity contribution in [2.75, 3.05) is 18.5 Å². The van der Waals surface area contributed by atoms with Gasteiger partial charge in [-0.15, -0.1) is 0 Å². The van der Waals surface area contributed by atoms with Crippen LogP contribution in [0.5, 0.6) is 11.5 Å². The summed E-state index contributed by atoms with van der Waals surface area (Å²) in [5.74, 6) is 1.58. The summed E-state index contributed by atoms with van der Waals surface area (Å²) >= 11 is 12.6. The molecule has 0 spiro atoms. The van der Waals surface area contributed by atoms with Crippen LogP contribution in [0.3, 0.4) is 0 Å².